The Hall–Kier alpha value is -2.34. The minimum Gasteiger partial charge on any atom is -0.444 e. The predicted octanol–water partition coefficient (Wildman–Crippen LogP) is 4.19. The van der Waals surface area contributed by atoms with Gasteiger partial charge in [0.05, 0.1) is 11.4 Å². The van der Waals surface area contributed by atoms with Crippen molar-refractivity contribution in [2.24, 2.45) is 0 Å². The number of nitrogens with zero attached hydrogens (tertiary/aromatic N) is 2. The zero-order chi connectivity index (χ0) is 17.0. The van der Waals surface area contributed by atoms with Gasteiger partial charge in [-0.05, 0) is 45.0 Å². The Morgan fingerprint density at radius 1 is 1.26 bits per heavy atom. The molecule has 0 aliphatic rings. The number of amides is 1. The van der Waals surface area contributed by atoms with Gasteiger partial charge in [-0.25, -0.2) is 14.8 Å². The van der Waals surface area contributed by atoms with Gasteiger partial charge in [-0.1, -0.05) is 11.6 Å². The molecule has 2 heterocycles. The molecular formula is C16H19ClN4O2. The van der Waals surface area contributed by atoms with E-state index in [2.05, 4.69) is 20.6 Å². The zero-order valence-corrected chi connectivity index (χ0v) is 14.2. The van der Waals surface area contributed by atoms with Crippen molar-refractivity contribution in [3.8, 4) is 11.3 Å². The van der Waals surface area contributed by atoms with Gasteiger partial charge in [-0.3, -0.25) is 5.32 Å². The second-order valence-electron chi connectivity index (χ2n) is 5.84. The zero-order valence-electron chi connectivity index (χ0n) is 13.5. The van der Waals surface area contributed by atoms with Gasteiger partial charge < -0.3 is 10.1 Å². The molecule has 0 atom stereocenters. The standard InChI is InChI=1S/C16H19ClN4O2/c1-16(2,3)23-15(22)21-13-9-10(7-8-19-13)11-5-6-12(18-4)14(17)20-11/h5-9,18H,1-4H3,(H,19,21,22). The maximum absolute atomic E-state index is 11.8. The second-order valence-corrected chi connectivity index (χ2v) is 6.20. The van der Waals surface area contributed by atoms with Gasteiger partial charge in [0, 0.05) is 18.8 Å². The predicted molar refractivity (Wildman–Crippen MR) is 91.9 cm³/mol. The van der Waals surface area contributed by atoms with Crippen LogP contribution < -0.4 is 10.6 Å². The number of carbonyl (C=O) groups excluding carboxylic acids is 1. The van der Waals surface area contributed by atoms with Gasteiger partial charge in [-0.15, -0.1) is 0 Å². The molecule has 0 saturated carbocycles. The molecule has 0 saturated heterocycles. The lowest BCUT2D eigenvalue weighted by Crippen LogP contribution is -2.27. The van der Waals surface area contributed by atoms with E-state index in [1.165, 1.54) is 0 Å². The van der Waals surface area contributed by atoms with Crippen LogP contribution in [0.15, 0.2) is 30.5 Å². The molecule has 0 aliphatic heterocycles. The fourth-order valence-electron chi connectivity index (χ4n) is 1.85. The van der Waals surface area contributed by atoms with Gasteiger partial charge >= 0.3 is 6.09 Å². The van der Waals surface area contributed by atoms with E-state index in [4.69, 9.17) is 16.3 Å². The first kappa shape index (κ1) is 17.0. The molecule has 0 aliphatic carbocycles. The van der Waals surface area contributed by atoms with Crippen molar-refractivity contribution in [3.63, 3.8) is 0 Å². The van der Waals surface area contributed by atoms with Crippen LogP contribution in [0.4, 0.5) is 16.3 Å². The van der Waals surface area contributed by atoms with Crippen LogP contribution in [0.25, 0.3) is 11.3 Å². The summed E-state index contributed by atoms with van der Waals surface area (Å²) in [6.45, 7) is 5.39. The third kappa shape index (κ3) is 4.82. The molecule has 1 amide bonds. The molecule has 2 N–H and O–H groups in total. The first-order valence-corrected chi connectivity index (χ1v) is 7.47. The Kier molecular flexibility index (Phi) is 5.05. The van der Waals surface area contributed by atoms with E-state index in [0.29, 0.717) is 16.7 Å². The SMILES string of the molecule is CNc1ccc(-c2ccnc(NC(=O)OC(C)(C)C)c2)nc1Cl. The first-order chi connectivity index (χ1) is 10.8. The van der Waals surface area contributed by atoms with Crippen LogP contribution in [0.1, 0.15) is 20.8 Å². The van der Waals surface area contributed by atoms with E-state index in [1.807, 2.05) is 12.1 Å². The molecule has 0 bridgehead atoms. The Morgan fingerprint density at radius 2 is 2.00 bits per heavy atom. The topological polar surface area (TPSA) is 76.1 Å². The lowest BCUT2D eigenvalue weighted by atomic mass is 10.1. The summed E-state index contributed by atoms with van der Waals surface area (Å²) in [4.78, 5) is 20.2. The molecule has 0 aromatic carbocycles. The van der Waals surface area contributed by atoms with E-state index in [-0.39, 0.29) is 0 Å². The minimum atomic E-state index is -0.570. The third-order valence-electron chi connectivity index (χ3n) is 2.80. The van der Waals surface area contributed by atoms with Gasteiger partial charge in [0.2, 0.25) is 0 Å². The Bertz CT molecular complexity index is 713. The van der Waals surface area contributed by atoms with Crippen LogP contribution in [0, 0.1) is 0 Å². The maximum atomic E-state index is 11.8. The molecule has 7 heteroatoms. The molecule has 6 nitrogen and oxygen atoms in total. The van der Waals surface area contributed by atoms with Crippen molar-refractivity contribution in [3.05, 3.63) is 35.6 Å². The second kappa shape index (κ2) is 6.83. The fraction of sp³-hybridized carbons (Fsp3) is 0.312. The van der Waals surface area contributed by atoms with Crippen LogP contribution in [-0.4, -0.2) is 28.7 Å². The molecule has 0 unspecified atom stereocenters. The first-order valence-electron chi connectivity index (χ1n) is 7.09. The smallest absolute Gasteiger partial charge is 0.413 e. The highest BCUT2D eigenvalue weighted by molar-refractivity contribution is 6.32. The Labute approximate surface area is 140 Å². The molecule has 122 valence electrons. The summed E-state index contributed by atoms with van der Waals surface area (Å²) in [5.41, 5.74) is 1.65. The highest BCUT2D eigenvalue weighted by Gasteiger charge is 2.16. The number of hydrogen-bond donors (Lipinski definition) is 2. The van der Waals surface area contributed by atoms with E-state index in [0.717, 1.165) is 11.3 Å². The number of halogens is 1. The number of carbonyl (C=O) groups is 1. The number of nitrogens with one attached hydrogen (secondary N) is 2. The quantitative estimate of drug-likeness (QED) is 0.823. The Morgan fingerprint density at radius 3 is 2.61 bits per heavy atom. The van der Waals surface area contributed by atoms with Crippen LogP contribution >= 0.6 is 11.6 Å². The monoisotopic (exact) mass is 334 g/mol. The van der Waals surface area contributed by atoms with Crippen LogP contribution in [0.5, 0.6) is 0 Å². The average molecular weight is 335 g/mol. The summed E-state index contributed by atoms with van der Waals surface area (Å²) in [6, 6.07) is 7.18. The summed E-state index contributed by atoms with van der Waals surface area (Å²) in [6.07, 6.45) is 1.03. The van der Waals surface area contributed by atoms with Crippen molar-refractivity contribution in [2.75, 3.05) is 17.7 Å². The number of pyridine rings is 2. The van der Waals surface area contributed by atoms with Crippen LogP contribution in [0.2, 0.25) is 5.15 Å². The van der Waals surface area contributed by atoms with E-state index >= 15 is 0 Å². The molecule has 2 rings (SSSR count). The van der Waals surface area contributed by atoms with Gasteiger partial charge in [0.15, 0.2) is 5.15 Å². The van der Waals surface area contributed by atoms with E-state index < -0.39 is 11.7 Å². The van der Waals surface area contributed by atoms with Crippen molar-refractivity contribution in [1.29, 1.82) is 0 Å². The maximum Gasteiger partial charge on any atom is 0.413 e. The highest BCUT2D eigenvalue weighted by Crippen LogP contribution is 2.25. The van der Waals surface area contributed by atoms with Crippen molar-refractivity contribution in [1.82, 2.24) is 9.97 Å². The lowest BCUT2D eigenvalue weighted by Gasteiger charge is -2.19. The summed E-state index contributed by atoms with van der Waals surface area (Å²) in [5.74, 6) is 0.382. The summed E-state index contributed by atoms with van der Waals surface area (Å²) in [5, 5.41) is 5.93. The summed E-state index contributed by atoms with van der Waals surface area (Å²) in [7, 11) is 1.78. The number of anilines is 2. The van der Waals surface area contributed by atoms with Gasteiger partial charge in [0.1, 0.15) is 11.4 Å². The van der Waals surface area contributed by atoms with E-state index in [9.17, 15) is 4.79 Å². The van der Waals surface area contributed by atoms with Crippen LogP contribution in [0.3, 0.4) is 0 Å². The highest BCUT2D eigenvalue weighted by atomic mass is 35.5. The Balaban J connectivity index is 2.20. The largest absolute Gasteiger partial charge is 0.444 e. The van der Waals surface area contributed by atoms with Crippen molar-refractivity contribution >= 4 is 29.2 Å². The number of hydrogen-bond acceptors (Lipinski definition) is 5. The lowest BCUT2D eigenvalue weighted by molar-refractivity contribution is 0.0635. The summed E-state index contributed by atoms with van der Waals surface area (Å²) >= 11 is 6.10. The van der Waals surface area contributed by atoms with Crippen LogP contribution in [-0.2, 0) is 4.74 Å². The molecular weight excluding hydrogens is 316 g/mol. The van der Waals surface area contributed by atoms with Gasteiger partial charge in [-0.2, -0.15) is 0 Å². The van der Waals surface area contributed by atoms with E-state index in [1.54, 1.807) is 46.1 Å². The molecule has 0 fully saturated rings. The van der Waals surface area contributed by atoms with Crippen molar-refractivity contribution in [2.45, 2.75) is 26.4 Å². The molecule has 0 radical (unpaired) electrons. The molecule has 23 heavy (non-hydrogen) atoms. The molecule has 0 spiro atoms. The number of ether oxygens (including phenoxy) is 1. The number of aromatic nitrogens is 2. The van der Waals surface area contributed by atoms with Gasteiger partial charge in [0.25, 0.3) is 0 Å². The average Bonchev–Trinajstić information content (AvgIpc) is 2.45. The number of rotatable bonds is 3. The van der Waals surface area contributed by atoms with Crippen molar-refractivity contribution < 1.29 is 9.53 Å². The normalized spacial score (nSPS) is 11.0. The molecule has 2 aromatic heterocycles. The fourth-order valence-corrected chi connectivity index (χ4v) is 2.10. The minimum absolute atomic E-state index is 0.378. The summed E-state index contributed by atoms with van der Waals surface area (Å²) < 4.78 is 5.20. The third-order valence-corrected chi connectivity index (χ3v) is 3.09. The molecule has 2 aromatic rings.